The second-order valence-corrected chi connectivity index (χ2v) is 4.77. The molecule has 0 saturated carbocycles. The number of halogens is 1. The lowest BCUT2D eigenvalue weighted by Crippen LogP contribution is -2.21. The number of rotatable bonds is 3. The molecule has 6 heteroatoms. The zero-order valence-electron chi connectivity index (χ0n) is 11.2. The van der Waals surface area contributed by atoms with Crippen molar-refractivity contribution in [2.75, 3.05) is 10.6 Å². The van der Waals surface area contributed by atoms with Crippen LogP contribution in [-0.4, -0.2) is 17.1 Å². The van der Waals surface area contributed by atoms with Crippen LogP contribution in [0.3, 0.4) is 0 Å². The molecular formula is C15H13ClN2O3. The fourth-order valence-electron chi connectivity index (χ4n) is 1.84. The molecule has 2 amide bonds. The van der Waals surface area contributed by atoms with Gasteiger partial charge in [0.25, 0.3) is 0 Å². The highest BCUT2D eigenvalue weighted by molar-refractivity contribution is 6.33. The summed E-state index contributed by atoms with van der Waals surface area (Å²) in [6, 6.07) is 11.0. The van der Waals surface area contributed by atoms with E-state index < -0.39 is 12.0 Å². The first-order chi connectivity index (χ1) is 9.99. The second-order valence-electron chi connectivity index (χ2n) is 4.36. The largest absolute Gasteiger partial charge is 0.478 e. The van der Waals surface area contributed by atoms with E-state index in [1.165, 1.54) is 6.07 Å². The topological polar surface area (TPSA) is 78.4 Å². The van der Waals surface area contributed by atoms with Crippen molar-refractivity contribution < 1.29 is 14.7 Å². The smallest absolute Gasteiger partial charge is 0.337 e. The Morgan fingerprint density at radius 3 is 2.43 bits per heavy atom. The molecule has 0 aliphatic heterocycles. The number of carboxylic acids is 1. The van der Waals surface area contributed by atoms with Crippen LogP contribution in [-0.2, 0) is 0 Å². The molecule has 2 aromatic rings. The molecule has 0 aliphatic rings. The lowest BCUT2D eigenvalue weighted by atomic mass is 10.1. The van der Waals surface area contributed by atoms with Gasteiger partial charge in [0.1, 0.15) is 0 Å². The normalized spacial score (nSPS) is 10.0. The Balaban J connectivity index is 2.21. The number of carbonyl (C=O) groups is 2. The fourth-order valence-corrected chi connectivity index (χ4v) is 2.02. The van der Waals surface area contributed by atoms with Gasteiger partial charge in [-0.25, -0.2) is 9.59 Å². The van der Waals surface area contributed by atoms with E-state index in [4.69, 9.17) is 16.7 Å². The van der Waals surface area contributed by atoms with Crippen molar-refractivity contribution in [3.05, 3.63) is 58.6 Å². The average Bonchev–Trinajstić information content (AvgIpc) is 2.43. The quantitative estimate of drug-likeness (QED) is 0.802. The van der Waals surface area contributed by atoms with Crippen molar-refractivity contribution in [2.45, 2.75) is 6.92 Å². The molecule has 0 unspecified atom stereocenters. The van der Waals surface area contributed by atoms with E-state index in [9.17, 15) is 9.59 Å². The minimum Gasteiger partial charge on any atom is -0.478 e. The molecule has 0 radical (unpaired) electrons. The highest BCUT2D eigenvalue weighted by Gasteiger charge is 2.14. The number of hydrogen-bond donors (Lipinski definition) is 3. The maximum Gasteiger partial charge on any atom is 0.337 e. The monoisotopic (exact) mass is 304 g/mol. The minimum absolute atomic E-state index is 0.0318. The van der Waals surface area contributed by atoms with Crippen molar-refractivity contribution in [3.8, 4) is 0 Å². The van der Waals surface area contributed by atoms with Gasteiger partial charge in [0, 0.05) is 0 Å². The molecule has 2 aromatic carbocycles. The molecule has 0 heterocycles. The number of aryl methyl sites for hydroxylation is 1. The van der Waals surface area contributed by atoms with Crippen LogP contribution >= 0.6 is 11.6 Å². The van der Waals surface area contributed by atoms with Crippen molar-refractivity contribution in [1.82, 2.24) is 0 Å². The standard InChI is InChI=1S/C15H13ClN2O3/c1-9-5-4-6-10(14(19)20)13(9)18-15(21)17-12-8-3-2-7-11(12)16/h2-8H,1H3,(H,19,20)(H2,17,18,21). The van der Waals surface area contributed by atoms with Gasteiger partial charge in [0.2, 0.25) is 0 Å². The molecule has 0 spiro atoms. The Morgan fingerprint density at radius 2 is 1.76 bits per heavy atom. The lowest BCUT2D eigenvalue weighted by Gasteiger charge is -2.13. The van der Waals surface area contributed by atoms with Gasteiger partial charge in [0.15, 0.2) is 0 Å². The molecule has 0 aromatic heterocycles. The van der Waals surface area contributed by atoms with Crippen molar-refractivity contribution in [3.63, 3.8) is 0 Å². The first kappa shape index (κ1) is 14.9. The van der Waals surface area contributed by atoms with Crippen LogP contribution in [0.25, 0.3) is 0 Å². The number of nitrogens with one attached hydrogen (secondary N) is 2. The van der Waals surface area contributed by atoms with E-state index in [2.05, 4.69) is 10.6 Å². The Morgan fingerprint density at radius 1 is 1.05 bits per heavy atom. The first-order valence-corrected chi connectivity index (χ1v) is 6.52. The number of benzene rings is 2. The van der Waals surface area contributed by atoms with E-state index >= 15 is 0 Å². The van der Waals surface area contributed by atoms with Crippen molar-refractivity contribution in [1.29, 1.82) is 0 Å². The van der Waals surface area contributed by atoms with Gasteiger partial charge in [-0.1, -0.05) is 35.9 Å². The van der Waals surface area contributed by atoms with Crippen LogP contribution in [0.5, 0.6) is 0 Å². The zero-order chi connectivity index (χ0) is 15.4. The maximum absolute atomic E-state index is 12.0. The van der Waals surface area contributed by atoms with Crippen LogP contribution in [0.4, 0.5) is 16.2 Å². The Bertz CT molecular complexity index is 701. The van der Waals surface area contributed by atoms with Gasteiger partial charge in [-0.2, -0.15) is 0 Å². The van der Waals surface area contributed by atoms with E-state index in [1.54, 1.807) is 43.3 Å². The van der Waals surface area contributed by atoms with E-state index in [0.717, 1.165) is 0 Å². The lowest BCUT2D eigenvalue weighted by molar-refractivity contribution is 0.0698. The summed E-state index contributed by atoms with van der Waals surface area (Å²) >= 11 is 5.95. The molecule has 0 saturated heterocycles. The number of amides is 2. The van der Waals surface area contributed by atoms with Crippen LogP contribution in [0.15, 0.2) is 42.5 Å². The SMILES string of the molecule is Cc1cccc(C(=O)O)c1NC(=O)Nc1ccccc1Cl. The predicted octanol–water partition coefficient (Wildman–Crippen LogP) is 3.99. The molecule has 108 valence electrons. The van der Waals surface area contributed by atoms with E-state index in [-0.39, 0.29) is 11.3 Å². The average molecular weight is 305 g/mol. The number of aromatic carboxylic acids is 1. The van der Waals surface area contributed by atoms with E-state index in [1.807, 2.05) is 0 Å². The Labute approximate surface area is 126 Å². The number of urea groups is 1. The highest BCUT2D eigenvalue weighted by atomic mass is 35.5. The fraction of sp³-hybridized carbons (Fsp3) is 0.0667. The molecule has 0 fully saturated rings. The summed E-state index contributed by atoms with van der Waals surface area (Å²) in [5.41, 5.74) is 1.39. The predicted molar refractivity (Wildman–Crippen MR) is 82.2 cm³/mol. The zero-order valence-corrected chi connectivity index (χ0v) is 11.9. The molecule has 21 heavy (non-hydrogen) atoms. The Kier molecular flexibility index (Phi) is 4.45. The number of hydrogen-bond acceptors (Lipinski definition) is 2. The third kappa shape index (κ3) is 3.52. The van der Waals surface area contributed by atoms with Gasteiger partial charge in [0.05, 0.1) is 22.0 Å². The van der Waals surface area contributed by atoms with Gasteiger partial charge >= 0.3 is 12.0 Å². The van der Waals surface area contributed by atoms with Gasteiger partial charge in [-0.15, -0.1) is 0 Å². The number of para-hydroxylation sites is 2. The molecule has 2 rings (SSSR count). The first-order valence-electron chi connectivity index (χ1n) is 6.14. The molecular weight excluding hydrogens is 292 g/mol. The Hall–Kier alpha value is -2.53. The van der Waals surface area contributed by atoms with Crippen LogP contribution in [0, 0.1) is 6.92 Å². The van der Waals surface area contributed by atoms with Crippen LogP contribution in [0.2, 0.25) is 5.02 Å². The highest BCUT2D eigenvalue weighted by Crippen LogP contribution is 2.23. The van der Waals surface area contributed by atoms with Gasteiger partial charge < -0.3 is 15.7 Å². The molecule has 3 N–H and O–H groups in total. The summed E-state index contributed by atoms with van der Waals surface area (Å²) in [6.07, 6.45) is 0. The van der Waals surface area contributed by atoms with Crippen LogP contribution in [0.1, 0.15) is 15.9 Å². The molecule has 0 atom stereocenters. The summed E-state index contributed by atoms with van der Waals surface area (Å²) < 4.78 is 0. The van der Waals surface area contributed by atoms with Crippen LogP contribution < -0.4 is 10.6 Å². The third-order valence-corrected chi connectivity index (χ3v) is 3.19. The summed E-state index contributed by atoms with van der Waals surface area (Å²) in [6.45, 7) is 1.72. The number of carbonyl (C=O) groups excluding carboxylic acids is 1. The number of anilines is 2. The number of carboxylic acid groups (broad SMARTS) is 1. The maximum atomic E-state index is 12.0. The minimum atomic E-state index is -1.10. The summed E-state index contributed by atoms with van der Waals surface area (Å²) in [7, 11) is 0. The molecule has 0 aliphatic carbocycles. The van der Waals surface area contributed by atoms with Crippen molar-refractivity contribution >= 4 is 35.0 Å². The molecule has 0 bridgehead atoms. The third-order valence-electron chi connectivity index (χ3n) is 2.86. The summed E-state index contributed by atoms with van der Waals surface area (Å²) in [5.74, 6) is -1.10. The second kappa shape index (κ2) is 6.28. The van der Waals surface area contributed by atoms with Gasteiger partial charge in [-0.3, -0.25) is 0 Å². The summed E-state index contributed by atoms with van der Waals surface area (Å²) in [5, 5.41) is 14.7. The van der Waals surface area contributed by atoms with Gasteiger partial charge in [-0.05, 0) is 30.7 Å². The summed E-state index contributed by atoms with van der Waals surface area (Å²) in [4.78, 5) is 23.2. The molecule has 5 nitrogen and oxygen atoms in total. The van der Waals surface area contributed by atoms with E-state index in [0.29, 0.717) is 16.3 Å². The van der Waals surface area contributed by atoms with Crippen molar-refractivity contribution in [2.24, 2.45) is 0 Å².